The Balaban J connectivity index is 2.68. The van der Waals surface area contributed by atoms with Gasteiger partial charge < -0.3 is 0 Å². The number of hydrogen-bond acceptors (Lipinski definition) is 3. The molecule has 2 heterocycles. The van der Waals surface area contributed by atoms with Crippen molar-refractivity contribution in [3.8, 4) is 0 Å². The number of benzene rings is 1. The molecular formula is C11H8N2O2S. The van der Waals surface area contributed by atoms with Crippen molar-refractivity contribution in [2.75, 3.05) is 0 Å². The molecule has 0 spiro atoms. The van der Waals surface area contributed by atoms with Crippen LogP contribution < -0.4 is 11.2 Å². The lowest BCUT2D eigenvalue weighted by molar-refractivity contribution is 1.09. The smallest absolute Gasteiger partial charge is 0.298 e. The summed E-state index contributed by atoms with van der Waals surface area (Å²) in [6, 6.07) is 5.92. The van der Waals surface area contributed by atoms with Crippen LogP contribution in [-0.2, 0) is 0 Å². The molecule has 0 radical (unpaired) electrons. The predicted molar refractivity (Wildman–Crippen MR) is 65.3 cm³/mol. The van der Waals surface area contributed by atoms with Crippen LogP contribution in [0.25, 0.3) is 20.3 Å². The van der Waals surface area contributed by atoms with Crippen LogP contribution >= 0.6 is 11.3 Å². The van der Waals surface area contributed by atoms with Gasteiger partial charge in [0.1, 0.15) is 4.83 Å². The molecule has 3 aromatic rings. The van der Waals surface area contributed by atoms with Crippen LogP contribution in [0, 0.1) is 6.92 Å². The molecule has 5 heteroatoms. The molecule has 80 valence electrons. The van der Waals surface area contributed by atoms with E-state index >= 15 is 0 Å². The molecule has 0 atom stereocenters. The number of aryl methyl sites for hydroxylation is 1. The summed E-state index contributed by atoms with van der Waals surface area (Å²) in [5.41, 5.74) is 0.314. The maximum Gasteiger partial charge on any atom is 0.326 e. The fourth-order valence-electron chi connectivity index (χ4n) is 1.82. The van der Waals surface area contributed by atoms with Gasteiger partial charge in [-0.1, -0.05) is 11.6 Å². The molecule has 0 aliphatic heterocycles. The van der Waals surface area contributed by atoms with Gasteiger partial charge in [-0.2, -0.15) is 0 Å². The summed E-state index contributed by atoms with van der Waals surface area (Å²) in [5, 5.41) is 1.47. The lowest BCUT2D eigenvalue weighted by atomic mass is 10.1. The fraction of sp³-hybridized carbons (Fsp3) is 0.0909. The Morgan fingerprint density at radius 2 is 2.00 bits per heavy atom. The van der Waals surface area contributed by atoms with Crippen LogP contribution in [0.15, 0.2) is 27.8 Å². The second-order valence-corrected chi connectivity index (χ2v) is 4.77. The van der Waals surface area contributed by atoms with Crippen molar-refractivity contribution in [3.63, 3.8) is 0 Å². The van der Waals surface area contributed by atoms with Crippen LogP contribution in [-0.4, -0.2) is 9.97 Å². The normalized spacial score (nSPS) is 11.3. The summed E-state index contributed by atoms with van der Waals surface area (Å²) >= 11 is 1.42. The van der Waals surface area contributed by atoms with Gasteiger partial charge in [-0.15, -0.1) is 11.3 Å². The molecule has 0 amide bonds. The zero-order valence-corrected chi connectivity index (χ0v) is 9.27. The van der Waals surface area contributed by atoms with Crippen LogP contribution in [0.1, 0.15) is 5.56 Å². The summed E-state index contributed by atoms with van der Waals surface area (Å²) in [4.78, 5) is 28.4. The minimum atomic E-state index is -0.458. The van der Waals surface area contributed by atoms with Crippen LogP contribution in [0.4, 0.5) is 0 Å². The first-order valence-corrected chi connectivity index (χ1v) is 5.62. The number of aromatic nitrogens is 2. The van der Waals surface area contributed by atoms with Gasteiger partial charge in [0, 0.05) is 10.1 Å². The number of fused-ring (bicyclic) bond motifs is 3. The second kappa shape index (κ2) is 3.05. The average molecular weight is 232 g/mol. The standard InChI is InChI=1S/C11H8N2O2S/c1-5-2-3-7-6(4-5)8-9(14)12-11(15)13-10(8)16-7/h2-4H,1H3,(H2,12,13,14,15). The maximum absolute atomic E-state index is 11.7. The molecule has 0 unspecified atom stereocenters. The third kappa shape index (κ3) is 1.22. The molecule has 4 nitrogen and oxygen atoms in total. The van der Waals surface area contributed by atoms with Crippen molar-refractivity contribution >= 4 is 31.6 Å². The van der Waals surface area contributed by atoms with Crippen molar-refractivity contribution in [1.29, 1.82) is 0 Å². The summed E-state index contributed by atoms with van der Waals surface area (Å²) < 4.78 is 1.01. The molecule has 2 aromatic heterocycles. The van der Waals surface area contributed by atoms with Crippen molar-refractivity contribution in [2.45, 2.75) is 6.92 Å². The Kier molecular flexibility index (Phi) is 1.79. The maximum atomic E-state index is 11.7. The van der Waals surface area contributed by atoms with Crippen molar-refractivity contribution in [3.05, 3.63) is 44.6 Å². The van der Waals surface area contributed by atoms with E-state index in [0.29, 0.717) is 10.2 Å². The van der Waals surface area contributed by atoms with Gasteiger partial charge in [-0.25, -0.2) is 4.79 Å². The van der Waals surface area contributed by atoms with Gasteiger partial charge in [-0.05, 0) is 19.1 Å². The molecule has 0 saturated carbocycles. The Morgan fingerprint density at radius 1 is 1.19 bits per heavy atom. The third-order valence-electron chi connectivity index (χ3n) is 2.52. The van der Waals surface area contributed by atoms with Crippen LogP contribution in [0.2, 0.25) is 0 Å². The van der Waals surface area contributed by atoms with E-state index in [0.717, 1.165) is 15.6 Å². The number of H-pyrrole nitrogens is 2. The van der Waals surface area contributed by atoms with Gasteiger partial charge in [0.05, 0.1) is 5.39 Å². The molecule has 0 aliphatic rings. The number of hydrogen-bond donors (Lipinski definition) is 2. The Bertz CT molecular complexity index is 810. The molecule has 1 aromatic carbocycles. The van der Waals surface area contributed by atoms with E-state index in [2.05, 4.69) is 9.97 Å². The highest BCUT2D eigenvalue weighted by molar-refractivity contribution is 7.25. The van der Waals surface area contributed by atoms with Gasteiger partial charge >= 0.3 is 5.69 Å². The first kappa shape index (κ1) is 9.35. The topological polar surface area (TPSA) is 65.7 Å². The second-order valence-electron chi connectivity index (χ2n) is 3.71. The van der Waals surface area contributed by atoms with Gasteiger partial charge in [0.15, 0.2) is 0 Å². The quantitative estimate of drug-likeness (QED) is 0.620. The van der Waals surface area contributed by atoms with E-state index in [1.54, 1.807) is 0 Å². The van der Waals surface area contributed by atoms with Gasteiger partial charge in [0.2, 0.25) is 0 Å². The summed E-state index contributed by atoms with van der Waals surface area (Å²) in [5.74, 6) is 0. The van der Waals surface area contributed by atoms with Crippen LogP contribution in [0.3, 0.4) is 0 Å². The zero-order chi connectivity index (χ0) is 11.3. The monoisotopic (exact) mass is 232 g/mol. The predicted octanol–water partition coefficient (Wildman–Crippen LogP) is 1.74. The van der Waals surface area contributed by atoms with E-state index < -0.39 is 5.69 Å². The first-order valence-electron chi connectivity index (χ1n) is 4.80. The molecule has 0 saturated heterocycles. The molecule has 2 N–H and O–H groups in total. The van der Waals surface area contributed by atoms with E-state index in [4.69, 9.17) is 0 Å². The van der Waals surface area contributed by atoms with Crippen molar-refractivity contribution in [1.82, 2.24) is 9.97 Å². The highest BCUT2D eigenvalue weighted by atomic mass is 32.1. The van der Waals surface area contributed by atoms with E-state index in [1.807, 2.05) is 25.1 Å². The molecule has 0 bridgehead atoms. The fourth-order valence-corrected chi connectivity index (χ4v) is 2.90. The molecule has 0 aliphatic carbocycles. The lowest BCUT2D eigenvalue weighted by Crippen LogP contribution is -2.20. The minimum Gasteiger partial charge on any atom is -0.298 e. The molecule has 16 heavy (non-hydrogen) atoms. The number of thiophene rings is 1. The van der Waals surface area contributed by atoms with Gasteiger partial charge in [-0.3, -0.25) is 14.8 Å². The summed E-state index contributed by atoms with van der Waals surface area (Å²) in [6.45, 7) is 1.98. The molecular weight excluding hydrogens is 224 g/mol. The minimum absolute atomic E-state index is 0.324. The van der Waals surface area contributed by atoms with E-state index in [1.165, 1.54) is 11.3 Å². The number of nitrogens with one attached hydrogen (secondary N) is 2. The van der Waals surface area contributed by atoms with Gasteiger partial charge in [0.25, 0.3) is 5.56 Å². The Morgan fingerprint density at radius 3 is 2.81 bits per heavy atom. The van der Waals surface area contributed by atoms with Crippen molar-refractivity contribution < 1.29 is 0 Å². The van der Waals surface area contributed by atoms with E-state index in [-0.39, 0.29) is 5.56 Å². The number of aromatic amines is 2. The average Bonchev–Trinajstić information content (AvgIpc) is 2.54. The SMILES string of the molecule is Cc1ccc2sc3[nH]c(=O)[nH]c(=O)c3c2c1. The summed E-state index contributed by atoms with van der Waals surface area (Å²) in [7, 11) is 0. The van der Waals surface area contributed by atoms with Crippen molar-refractivity contribution in [2.24, 2.45) is 0 Å². The third-order valence-corrected chi connectivity index (χ3v) is 3.61. The largest absolute Gasteiger partial charge is 0.326 e. The highest BCUT2D eigenvalue weighted by Gasteiger charge is 2.09. The lowest BCUT2D eigenvalue weighted by Gasteiger charge is -1.92. The highest BCUT2D eigenvalue weighted by Crippen LogP contribution is 2.29. The van der Waals surface area contributed by atoms with Crippen LogP contribution in [0.5, 0.6) is 0 Å². The number of rotatable bonds is 0. The molecule has 3 rings (SSSR count). The Hall–Kier alpha value is -1.88. The zero-order valence-electron chi connectivity index (χ0n) is 8.46. The summed E-state index contributed by atoms with van der Waals surface area (Å²) in [6.07, 6.45) is 0. The molecule has 0 fully saturated rings. The first-order chi connectivity index (χ1) is 7.65. The van der Waals surface area contributed by atoms with E-state index in [9.17, 15) is 9.59 Å². The Labute approximate surface area is 93.6 Å².